The van der Waals surface area contributed by atoms with Crippen molar-refractivity contribution >= 4 is 21.5 Å². The lowest BCUT2D eigenvalue weighted by atomic mass is 10.0. The molecule has 3 rings (SSSR count). The molecule has 0 saturated heterocycles. The highest BCUT2D eigenvalue weighted by Crippen LogP contribution is 2.23. The molecular weight excluding hydrogens is 192 g/mol. The molecule has 0 bridgehead atoms. The lowest BCUT2D eigenvalue weighted by Gasteiger charge is -2.03. The van der Waals surface area contributed by atoms with E-state index in [9.17, 15) is 0 Å². The van der Waals surface area contributed by atoms with E-state index in [1.165, 1.54) is 27.1 Å². The molecule has 0 atom stereocenters. The summed E-state index contributed by atoms with van der Waals surface area (Å²) < 4.78 is 0. The third kappa shape index (κ3) is 1.47. The van der Waals surface area contributed by atoms with Gasteiger partial charge in [0.05, 0.1) is 0 Å². The van der Waals surface area contributed by atoms with E-state index in [4.69, 9.17) is 0 Å². The minimum Gasteiger partial charge on any atom is -0.0613 e. The number of fused-ring (bicyclic) bond motifs is 2. The molecule has 0 N–H and O–H groups in total. The Balaban J connectivity index is 2.37. The molecule has 0 aliphatic carbocycles. The Bertz CT molecular complexity index is 650. The van der Waals surface area contributed by atoms with Gasteiger partial charge in [-0.2, -0.15) is 0 Å². The van der Waals surface area contributed by atoms with Gasteiger partial charge in [-0.15, -0.1) is 0 Å². The molecule has 0 spiro atoms. The zero-order valence-corrected chi connectivity index (χ0v) is 9.33. The van der Waals surface area contributed by atoms with Gasteiger partial charge >= 0.3 is 0 Å². The van der Waals surface area contributed by atoms with E-state index in [2.05, 4.69) is 49.4 Å². The first-order valence-electron chi connectivity index (χ1n) is 5.70. The van der Waals surface area contributed by atoms with E-state index >= 15 is 0 Å². The van der Waals surface area contributed by atoms with E-state index < -0.39 is 0 Å². The van der Waals surface area contributed by atoms with Crippen molar-refractivity contribution in [3.8, 4) is 0 Å². The molecule has 0 nitrogen and oxygen atoms in total. The average Bonchev–Trinajstić information content (AvgIpc) is 2.35. The zero-order chi connectivity index (χ0) is 11.0. The maximum Gasteiger partial charge on any atom is -0.00988 e. The Morgan fingerprint density at radius 2 is 1.88 bits per heavy atom. The molecule has 0 amide bonds. The fourth-order valence-electron chi connectivity index (χ4n) is 2.14. The molecule has 0 fully saturated rings. The van der Waals surface area contributed by atoms with Gasteiger partial charge in [0.25, 0.3) is 0 Å². The van der Waals surface area contributed by atoms with Crippen LogP contribution in [0.5, 0.6) is 0 Å². The van der Waals surface area contributed by atoms with Gasteiger partial charge in [0.1, 0.15) is 0 Å². The minimum atomic E-state index is 1.09. The summed E-state index contributed by atoms with van der Waals surface area (Å²) >= 11 is 0. The summed E-state index contributed by atoms with van der Waals surface area (Å²) in [6.07, 6.45) is 1.09. The van der Waals surface area contributed by atoms with Crippen LogP contribution in [-0.2, 0) is 6.42 Å². The maximum absolute atomic E-state index is 3.28. The van der Waals surface area contributed by atoms with E-state index in [0.717, 1.165) is 6.42 Å². The second-order valence-corrected chi connectivity index (χ2v) is 4.14. The van der Waals surface area contributed by atoms with Gasteiger partial charge in [-0.05, 0) is 51.7 Å². The molecule has 0 aliphatic rings. The van der Waals surface area contributed by atoms with Crippen molar-refractivity contribution in [2.75, 3.05) is 0 Å². The highest BCUT2D eigenvalue weighted by molar-refractivity contribution is 5.98. The van der Waals surface area contributed by atoms with Crippen molar-refractivity contribution in [2.45, 2.75) is 13.3 Å². The Kier molecular flexibility index (Phi) is 2.14. The van der Waals surface area contributed by atoms with Gasteiger partial charge in [-0.1, -0.05) is 43.3 Å². The third-order valence-corrected chi connectivity index (χ3v) is 3.09. The molecule has 0 heteroatoms. The van der Waals surface area contributed by atoms with Gasteiger partial charge in [0.15, 0.2) is 0 Å². The third-order valence-electron chi connectivity index (χ3n) is 3.09. The van der Waals surface area contributed by atoms with Crippen molar-refractivity contribution in [1.29, 1.82) is 0 Å². The summed E-state index contributed by atoms with van der Waals surface area (Å²) in [5.74, 6) is 0. The molecule has 77 valence electrons. The normalized spacial score (nSPS) is 11.1. The number of rotatable bonds is 1. The summed E-state index contributed by atoms with van der Waals surface area (Å²) in [5.41, 5.74) is 1.39. The average molecular weight is 205 g/mol. The summed E-state index contributed by atoms with van der Waals surface area (Å²) in [6, 6.07) is 20.6. The number of hydrogen-bond acceptors (Lipinski definition) is 0. The fourth-order valence-corrected chi connectivity index (χ4v) is 2.14. The lowest BCUT2D eigenvalue weighted by Crippen LogP contribution is -1.81. The molecular formula is C16H13. The molecule has 3 aromatic carbocycles. The number of aryl methyl sites for hydroxylation is 1. The quantitative estimate of drug-likeness (QED) is 0.518. The second kappa shape index (κ2) is 3.64. The first-order valence-corrected chi connectivity index (χ1v) is 5.70. The van der Waals surface area contributed by atoms with Crippen molar-refractivity contribution in [3.63, 3.8) is 0 Å². The molecule has 0 aliphatic heterocycles. The van der Waals surface area contributed by atoms with Crippen molar-refractivity contribution in [3.05, 3.63) is 60.2 Å². The van der Waals surface area contributed by atoms with Crippen LogP contribution in [0.3, 0.4) is 0 Å². The van der Waals surface area contributed by atoms with Crippen LogP contribution in [0, 0.1) is 6.07 Å². The van der Waals surface area contributed by atoms with E-state index in [1.807, 2.05) is 12.1 Å². The van der Waals surface area contributed by atoms with Crippen LogP contribution in [0.2, 0.25) is 0 Å². The van der Waals surface area contributed by atoms with Crippen molar-refractivity contribution in [2.24, 2.45) is 0 Å². The second-order valence-electron chi connectivity index (χ2n) is 4.14. The summed E-state index contributed by atoms with van der Waals surface area (Å²) in [4.78, 5) is 0. The van der Waals surface area contributed by atoms with Crippen LogP contribution in [0.1, 0.15) is 12.5 Å². The van der Waals surface area contributed by atoms with Crippen LogP contribution < -0.4 is 0 Å². The summed E-state index contributed by atoms with van der Waals surface area (Å²) in [7, 11) is 0. The van der Waals surface area contributed by atoms with E-state index in [1.54, 1.807) is 0 Å². The van der Waals surface area contributed by atoms with Crippen LogP contribution in [-0.4, -0.2) is 0 Å². The van der Waals surface area contributed by atoms with E-state index in [0.29, 0.717) is 0 Å². The monoisotopic (exact) mass is 205 g/mol. The van der Waals surface area contributed by atoms with E-state index in [-0.39, 0.29) is 0 Å². The highest BCUT2D eigenvalue weighted by atomic mass is 14.0. The predicted molar refractivity (Wildman–Crippen MR) is 69.7 cm³/mol. The number of hydrogen-bond donors (Lipinski definition) is 0. The standard InChI is InChI=1S/C16H13/c1-2-12-7-8-15-10-13-5-3-4-6-14(13)11-16(15)9-12/h3-5,7-11H,2H2,1H3. The zero-order valence-electron chi connectivity index (χ0n) is 9.33. The summed E-state index contributed by atoms with van der Waals surface area (Å²) in [5, 5.41) is 5.08. The molecule has 0 unspecified atom stereocenters. The van der Waals surface area contributed by atoms with Crippen LogP contribution >= 0.6 is 0 Å². The summed E-state index contributed by atoms with van der Waals surface area (Å²) in [6.45, 7) is 2.19. The lowest BCUT2D eigenvalue weighted by molar-refractivity contribution is 1.15. The topological polar surface area (TPSA) is 0 Å². The van der Waals surface area contributed by atoms with Gasteiger partial charge < -0.3 is 0 Å². The molecule has 0 saturated carbocycles. The smallest absolute Gasteiger partial charge is 0.00988 e. The van der Waals surface area contributed by atoms with Gasteiger partial charge in [-0.25, -0.2) is 0 Å². The largest absolute Gasteiger partial charge is 0.0613 e. The predicted octanol–water partition coefficient (Wildman–Crippen LogP) is 4.36. The first-order chi connectivity index (χ1) is 7.86. The molecule has 0 heterocycles. The molecule has 1 radical (unpaired) electrons. The molecule has 16 heavy (non-hydrogen) atoms. The van der Waals surface area contributed by atoms with Crippen molar-refractivity contribution < 1.29 is 0 Å². The first kappa shape index (κ1) is 9.41. The van der Waals surface area contributed by atoms with Crippen LogP contribution in [0.15, 0.2) is 48.5 Å². The Hall–Kier alpha value is -1.82. The molecule has 0 aromatic heterocycles. The van der Waals surface area contributed by atoms with Gasteiger partial charge in [-0.3, -0.25) is 0 Å². The Morgan fingerprint density at radius 1 is 0.938 bits per heavy atom. The maximum atomic E-state index is 3.28. The SMILES string of the molecule is CCc1ccc2cc3ccc[c]c3cc2c1. The minimum absolute atomic E-state index is 1.09. The van der Waals surface area contributed by atoms with Gasteiger partial charge in [0, 0.05) is 0 Å². The van der Waals surface area contributed by atoms with Crippen molar-refractivity contribution in [1.82, 2.24) is 0 Å². The van der Waals surface area contributed by atoms with Gasteiger partial charge in [0.2, 0.25) is 0 Å². The van der Waals surface area contributed by atoms with Crippen LogP contribution in [0.4, 0.5) is 0 Å². The van der Waals surface area contributed by atoms with Crippen LogP contribution in [0.25, 0.3) is 21.5 Å². The highest BCUT2D eigenvalue weighted by Gasteiger charge is 1.98. The number of benzene rings is 3. The molecule has 3 aromatic rings. The Labute approximate surface area is 95.5 Å². The fraction of sp³-hybridized carbons (Fsp3) is 0.125. The Morgan fingerprint density at radius 3 is 2.75 bits per heavy atom.